The van der Waals surface area contributed by atoms with Crippen molar-refractivity contribution in [1.29, 1.82) is 0 Å². The average molecular weight is 375 g/mol. The quantitative estimate of drug-likeness (QED) is 0.335. The van der Waals surface area contributed by atoms with Crippen LogP contribution in [-0.4, -0.2) is 18.3 Å². The van der Waals surface area contributed by atoms with Gasteiger partial charge in [-0.2, -0.15) is 0 Å². The molecule has 2 heterocycles. The number of allylic oxidation sites excluding steroid dienone is 4. The number of fused-ring (bicyclic) bond motifs is 2. The van der Waals surface area contributed by atoms with Crippen LogP contribution >= 0.6 is 11.8 Å². The Kier molecular flexibility index (Phi) is 4.69. The van der Waals surface area contributed by atoms with Crippen LogP contribution in [0.1, 0.15) is 17.3 Å². The van der Waals surface area contributed by atoms with Crippen molar-refractivity contribution in [1.82, 2.24) is 0 Å². The van der Waals surface area contributed by atoms with Crippen LogP contribution in [-0.2, 0) is 4.79 Å². The smallest absolute Gasteiger partial charge is 0.347 e. The summed E-state index contributed by atoms with van der Waals surface area (Å²) in [4.78, 5) is 28.0. The lowest BCUT2D eigenvalue weighted by atomic mass is 9.99. The fourth-order valence-corrected chi connectivity index (χ4v) is 4.21. The molecule has 0 saturated heterocycles. The zero-order valence-corrected chi connectivity index (χ0v) is 15.5. The fraction of sp³-hybridized carbons (Fsp3) is 0.0909. The highest BCUT2D eigenvalue weighted by Gasteiger charge is 2.29. The molecule has 4 nitrogen and oxygen atoms in total. The number of anilines is 1. The molecule has 0 atom stereocenters. The molecule has 0 fully saturated rings. The summed E-state index contributed by atoms with van der Waals surface area (Å²) in [6.07, 6.45) is 7.04. The van der Waals surface area contributed by atoms with E-state index in [2.05, 4.69) is 24.0 Å². The number of ketones is 1. The predicted molar refractivity (Wildman–Crippen MR) is 107 cm³/mol. The van der Waals surface area contributed by atoms with Gasteiger partial charge in [-0.3, -0.25) is 4.79 Å². The third kappa shape index (κ3) is 3.22. The Hall–Kier alpha value is -3.05. The van der Waals surface area contributed by atoms with E-state index < -0.39 is 5.97 Å². The van der Waals surface area contributed by atoms with Crippen molar-refractivity contribution < 1.29 is 14.3 Å². The van der Waals surface area contributed by atoms with Crippen molar-refractivity contribution in [2.75, 3.05) is 11.4 Å². The molecule has 2 aliphatic heterocycles. The Balaban J connectivity index is 1.55. The summed E-state index contributed by atoms with van der Waals surface area (Å²) in [5.74, 6) is -0.611. The maximum atomic E-state index is 12.5. The highest BCUT2D eigenvalue weighted by atomic mass is 32.2. The summed E-state index contributed by atoms with van der Waals surface area (Å²) in [7, 11) is 0. The number of hydrogen-bond acceptors (Lipinski definition) is 5. The average Bonchev–Trinajstić information content (AvgIpc) is 3.04. The van der Waals surface area contributed by atoms with Gasteiger partial charge in [0.2, 0.25) is 5.78 Å². The van der Waals surface area contributed by atoms with Crippen molar-refractivity contribution in [3.8, 4) is 5.75 Å². The molecule has 27 heavy (non-hydrogen) atoms. The van der Waals surface area contributed by atoms with Gasteiger partial charge < -0.3 is 9.64 Å². The first-order chi connectivity index (χ1) is 13.2. The maximum Gasteiger partial charge on any atom is 0.347 e. The molecule has 0 spiro atoms. The van der Waals surface area contributed by atoms with Crippen LogP contribution in [0.2, 0.25) is 0 Å². The predicted octanol–water partition coefficient (Wildman–Crippen LogP) is 4.74. The van der Waals surface area contributed by atoms with E-state index in [1.165, 1.54) is 16.7 Å². The summed E-state index contributed by atoms with van der Waals surface area (Å²) in [6.45, 7) is 2.97. The molecular weight excluding hydrogens is 358 g/mol. The number of benzene rings is 2. The van der Waals surface area contributed by atoms with Gasteiger partial charge in [-0.05, 0) is 43.3 Å². The molecule has 2 aromatic rings. The summed E-state index contributed by atoms with van der Waals surface area (Å²) in [6, 6.07) is 15.0. The third-order valence-corrected chi connectivity index (χ3v) is 5.50. The van der Waals surface area contributed by atoms with Gasteiger partial charge in [-0.25, -0.2) is 4.79 Å². The minimum Gasteiger partial charge on any atom is -0.422 e. The topological polar surface area (TPSA) is 46.6 Å². The van der Waals surface area contributed by atoms with Crippen LogP contribution in [0.25, 0.3) is 0 Å². The Labute approximate surface area is 161 Å². The van der Waals surface area contributed by atoms with Gasteiger partial charge in [-0.15, -0.1) is 0 Å². The van der Waals surface area contributed by atoms with Crippen LogP contribution in [0.5, 0.6) is 5.75 Å². The summed E-state index contributed by atoms with van der Waals surface area (Å²) in [5, 5.41) is 1.11. The minimum atomic E-state index is -0.617. The molecule has 0 amide bonds. The van der Waals surface area contributed by atoms with Crippen molar-refractivity contribution in [3.63, 3.8) is 0 Å². The normalized spacial score (nSPS) is 18.9. The van der Waals surface area contributed by atoms with Crippen molar-refractivity contribution in [2.45, 2.75) is 11.8 Å². The number of para-hydroxylation sites is 2. The standard InChI is InChI=1S/C22H17NO3S/c1-2-23-17-11-5-7-13-19(17)27-20(23)14-8-4-10-16-21(24)15-9-3-6-12-18(15)26-22(16)25/h3-14H,2H2,1H3/b8-4+,16-10-,20-14+. The number of hydrogen-bond donors (Lipinski definition) is 0. The van der Waals surface area contributed by atoms with Crippen molar-refractivity contribution in [2.24, 2.45) is 0 Å². The number of thioether (sulfide) groups is 1. The fourth-order valence-electron chi connectivity index (χ4n) is 3.07. The van der Waals surface area contributed by atoms with Crippen LogP contribution in [0.15, 0.2) is 88.3 Å². The van der Waals surface area contributed by atoms with Gasteiger partial charge in [0.15, 0.2) is 0 Å². The molecule has 2 aromatic carbocycles. The molecule has 0 saturated carbocycles. The van der Waals surface area contributed by atoms with E-state index in [0.717, 1.165) is 11.6 Å². The largest absolute Gasteiger partial charge is 0.422 e. The van der Waals surface area contributed by atoms with E-state index >= 15 is 0 Å². The highest BCUT2D eigenvalue weighted by molar-refractivity contribution is 8.03. The van der Waals surface area contributed by atoms with Crippen molar-refractivity contribution >= 4 is 29.2 Å². The molecular formula is C22H17NO3S. The Morgan fingerprint density at radius 2 is 1.74 bits per heavy atom. The Bertz CT molecular complexity index is 1020. The number of carbonyl (C=O) groups is 2. The van der Waals surface area contributed by atoms with Crippen LogP contribution in [0, 0.1) is 0 Å². The molecule has 5 heteroatoms. The molecule has 0 bridgehead atoms. The SMILES string of the molecule is CCN1\C(=C/C=C/C=C2\C(=O)Oc3ccccc3C2=O)Sc2ccccc21. The second-order valence-electron chi connectivity index (χ2n) is 6.00. The minimum absolute atomic E-state index is 0.0399. The first-order valence-electron chi connectivity index (χ1n) is 8.68. The molecule has 0 N–H and O–H groups in total. The highest BCUT2D eigenvalue weighted by Crippen LogP contribution is 2.45. The van der Waals surface area contributed by atoms with E-state index in [0.29, 0.717) is 11.3 Å². The number of carbonyl (C=O) groups excluding carboxylic acids is 2. The Morgan fingerprint density at radius 1 is 1.00 bits per heavy atom. The first kappa shape index (κ1) is 17.4. The number of Topliss-reactive ketones (excluding diaryl/α,β-unsaturated/α-hetero) is 1. The molecule has 0 aromatic heterocycles. The van der Waals surface area contributed by atoms with Gasteiger partial charge in [-0.1, -0.05) is 48.2 Å². The molecule has 134 valence electrons. The van der Waals surface area contributed by atoms with Gasteiger partial charge in [0, 0.05) is 11.4 Å². The number of rotatable bonds is 3. The van der Waals surface area contributed by atoms with E-state index in [1.54, 1.807) is 42.1 Å². The number of ether oxygens (including phenoxy) is 1. The number of esters is 1. The lowest BCUT2D eigenvalue weighted by Gasteiger charge is -2.17. The lowest BCUT2D eigenvalue weighted by molar-refractivity contribution is -0.130. The summed E-state index contributed by atoms with van der Waals surface area (Å²) < 4.78 is 5.23. The zero-order chi connectivity index (χ0) is 18.8. The van der Waals surface area contributed by atoms with E-state index in [-0.39, 0.29) is 11.4 Å². The van der Waals surface area contributed by atoms with E-state index in [4.69, 9.17) is 4.74 Å². The second-order valence-corrected chi connectivity index (χ2v) is 7.06. The zero-order valence-electron chi connectivity index (χ0n) is 14.7. The molecule has 0 unspecified atom stereocenters. The summed E-state index contributed by atoms with van der Waals surface area (Å²) in [5.41, 5.74) is 1.65. The molecule has 2 aliphatic rings. The van der Waals surface area contributed by atoms with Crippen LogP contribution in [0.3, 0.4) is 0 Å². The van der Waals surface area contributed by atoms with Gasteiger partial charge >= 0.3 is 5.97 Å². The summed E-state index contributed by atoms with van der Waals surface area (Å²) >= 11 is 1.70. The lowest BCUT2D eigenvalue weighted by Crippen LogP contribution is -2.24. The maximum absolute atomic E-state index is 12.5. The third-order valence-electron chi connectivity index (χ3n) is 4.36. The first-order valence-corrected chi connectivity index (χ1v) is 9.49. The monoisotopic (exact) mass is 375 g/mol. The molecule has 0 radical (unpaired) electrons. The molecule has 4 rings (SSSR count). The second kappa shape index (κ2) is 7.29. The van der Waals surface area contributed by atoms with Crippen LogP contribution < -0.4 is 9.64 Å². The Morgan fingerprint density at radius 3 is 2.59 bits per heavy atom. The van der Waals surface area contributed by atoms with E-state index in [9.17, 15) is 9.59 Å². The van der Waals surface area contributed by atoms with Gasteiger partial charge in [0.25, 0.3) is 0 Å². The number of nitrogens with zero attached hydrogens (tertiary/aromatic N) is 1. The molecule has 0 aliphatic carbocycles. The van der Waals surface area contributed by atoms with E-state index in [1.807, 2.05) is 24.3 Å². The van der Waals surface area contributed by atoms with Gasteiger partial charge in [0.05, 0.1) is 16.3 Å². The van der Waals surface area contributed by atoms with Gasteiger partial charge in [0.1, 0.15) is 11.3 Å². The van der Waals surface area contributed by atoms with Crippen LogP contribution in [0.4, 0.5) is 5.69 Å². The van der Waals surface area contributed by atoms with Crippen molar-refractivity contribution in [3.05, 3.63) is 89.0 Å².